The highest BCUT2D eigenvalue weighted by Crippen LogP contribution is 2.54. The second kappa shape index (κ2) is 8.24. The second-order valence-electron chi connectivity index (χ2n) is 6.92. The van der Waals surface area contributed by atoms with Crippen LogP contribution in [-0.4, -0.2) is 18.7 Å². The lowest BCUT2D eigenvalue weighted by Crippen LogP contribution is -2.11. The van der Waals surface area contributed by atoms with E-state index in [1.54, 1.807) is 78.9 Å². The Bertz CT molecular complexity index is 1340. The molecule has 0 bridgehead atoms. The van der Waals surface area contributed by atoms with Crippen molar-refractivity contribution in [2.75, 3.05) is 6.79 Å². The third-order valence-corrected chi connectivity index (χ3v) is 5.14. The van der Waals surface area contributed by atoms with Crippen molar-refractivity contribution >= 4 is 34.3 Å². The quantitative estimate of drug-likeness (QED) is 0.297. The van der Waals surface area contributed by atoms with Crippen LogP contribution in [0.3, 0.4) is 0 Å². The molecule has 0 amide bonds. The van der Waals surface area contributed by atoms with Crippen LogP contribution in [0.1, 0.15) is 20.7 Å². The molecule has 158 valence electrons. The van der Waals surface area contributed by atoms with E-state index in [-0.39, 0.29) is 29.8 Å². The summed E-state index contributed by atoms with van der Waals surface area (Å²) in [7, 11) is 0. The third kappa shape index (κ3) is 3.61. The zero-order valence-electron chi connectivity index (χ0n) is 16.5. The summed E-state index contributed by atoms with van der Waals surface area (Å²) in [5.74, 6) is -0.479. The van der Waals surface area contributed by atoms with E-state index in [2.05, 4.69) is 0 Å². The Morgan fingerprint density at radius 3 is 1.72 bits per heavy atom. The van der Waals surface area contributed by atoms with Gasteiger partial charge in [0.2, 0.25) is 18.3 Å². The topological polar surface area (TPSA) is 71.1 Å². The van der Waals surface area contributed by atoms with Crippen LogP contribution in [0.4, 0.5) is 0 Å². The highest BCUT2D eigenvalue weighted by molar-refractivity contribution is 6.31. The molecule has 0 aromatic heterocycles. The van der Waals surface area contributed by atoms with Gasteiger partial charge in [-0.15, -0.1) is 0 Å². The average Bonchev–Trinajstić information content (AvgIpc) is 3.32. The van der Waals surface area contributed by atoms with Crippen LogP contribution in [0.5, 0.6) is 23.0 Å². The van der Waals surface area contributed by atoms with Crippen LogP contribution < -0.4 is 18.9 Å². The largest absolute Gasteiger partial charge is 0.449 e. The van der Waals surface area contributed by atoms with E-state index in [9.17, 15) is 9.59 Å². The first-order chi connectivity index (χ1) is 15.6. The Morgan fingerprint density at radius 1 is 0.688 bits per heavy atom. The Labute approximate surface area is 187 Å². The molecule has 6 nitrogen and oxygen atoms in total. The predicted octanol–water partition coefficient (Wildman–Crippen LogP) is 5.66. The van der Waals surface area contributed by atoms with E-state index < -0.39 is 11.9 Å². The van der Waals surface area contributed by atoms with E-state index in [0.29, 0.717) is 26.9 Å². The van der Waals surface area contributed by atoms with Gasteiger partial charge in [-0.1, -0.05) is 48.0 Å². The third-order valence-electron chi connectivity index (χ3n) is 4.90. The van der Waals surface area contributed by atoms with Gasteiger partial charge in [-0.05, 0) is 42.5 Å². The molecule has 0 unspecified atom stereocenters. The van der Waals surface area contributed by atoms with Gasteiger partial charge < -0.3 is 18.9 Å². The van der Waals surface area contributed by atoms with Crippen LogP contribution in [0.25, 0.3) is 10.8 Å². The fourth-order valence-corrected chi connectivity index (χ4v) is 3.59. The molecule has 1 aliphatic heterocycles. The van der Waals surface area contributed by atoms with Crippen molar-refractivity contribution in [3.05, 3.63) is 95.0 Å². The minimum Gasteiger partial charge on any atom is -0.449 e. The monoisotopic (exact) mass is 446 g/mol. The summed E-state index contributed by atoms with van der Waals surface area (Å²) in [6.07, 6.45) is 0. The van der Waals surface area contributed by atoms with Gasteiger partial charge in [0, 0.05) is 15.8 Å². The summed E-state index contributed by atoms with van der Waals surface area (Å²) < 4.78 is 22.6. The van der Waals surface area contributed by atoms with Crippen molar-refractivity contribution < 1.29 is 28.5 Å². The summed E-state index contributed by atoms with van der Waals surface area (Å²) in [4.78, 5) is 25.5. The van der Waals surface area contributed by atoms with Crippen LogP contribution in [0, 0.1) is 0 Å². The zero-order chi connectivity index (χ0) is 22.1. The molecule has 0 aliphatic carbocycles. The number of fused-ring (bicyclic) bond motifs is 2. The predicted molar refractivity (Wildman–Crippen MR) is 118 cm³/mol. The van der Waals surface area contributed by atoms with Crippen molar-refractivity contribution in [1.82, 2.24) is 0 Å². The zero-order valence-corrected chi connectivity index (χ0v) is 17.3. The molecule has 4 aromatic carbocycles. The van der Waals surface area contributed by atoms with Gasteiger partial charge in [0.25, 0.3) is 0 Å². The van der Waals surface area contributed by atoms with E-state index in [1.807, 2.05) is 0 Å². The number of hydrogen-bond acceptors (Lipinski definition) is 6. The molecule has 0 atom stereocenters. The van der Waals surface area contributed by atoms with Gasteiger partial charge in [-0.3, -0.25) is 0 Å². The van der Waals surface area contributed by atoms with Crippen LogP contribution in [0.2, 0.25) is 5.02 Å². The maximum absolute atomic E-state index is 12.8. The fourth-order valence-electron chi connectivity index (χ4n) is 3.42. The van der Waals surface area contributed by atoms with Gasteiger partial charge in [0.15, 0.2) is 11.5 Å². The van der Waals surface area contributed by atoms with Crippen molar-refractivity contribution in [1.29, 1.82) is 0 Å². The molecule has 5 rings (SSSR count). The Kier molecular flexibility index (Phi) is 5.13. The molecule has 0 saturated carbocycles. The molecular formula is C25H15ClO6. The van der Waals surface area contributed by atoms with Gasteiger partial charge in [-0.25, -0.2) is 9.59 Å². The number of benzene rings is 4. The number of hydrogen-bond donors (Lipinski definition) is 0. The van der Waals surface area contributed by atoms with Crippen molar-refractivity contribution in [3.63, 3.8) is 0 Å². The molecule has 4 aromatic rings. The van der Waals surface area contributed by atoms with E-state index in [4.69, 9.17) is 30.5 Å². The first-order valence-corrected chi connectivity index (χ1v) is 10.1. The van der Waals surface area contributed by atoms with E-state index in [0.717, 1.165) is 0 Å². The molecule has 32 heavy (non-hydrogen) atoms. The molecule has 0 saturated heterocycles. The Morgan fingerprint density at radius 2 is 1.19 bits per heavy atom. The molecule has 1 heterocycles. The van der Waals surface area contributed by atoms with Gasteiger partial charge in [0.1, 0.15) is 0 Å². The maximum atomic E-state index is 12.8. The molecule has 0 fully saturated rings. The van der Waals surface area contributed by atoms with Crippen molar-refractivity contribution in [3.8, 4) is 23.0 Å². The lowest BCUT2D eigenvalue weighted by molar-refractivity contribution is 0.0720. The minimum atomic E-state index is -0.571. The highest BCUT2D eigenvalue weighted by Gasteiger charge is 2.31. The number of esters is 2. The van der Waals surface area contributed by atoms with Crippen molar-refractivity contribution in [2.24, 2.45) is 0 Å². The van der Waals surface area contributed by atoms with Crippen LogP contribution in [-0.2, 0) is 0 Å². The summed E-state index contributed by atoms with van der Waals surface area (Å²) in [6.45, 7) is -0.120. The lowest BCUT2D eigenvalue weighted by atomic mass is 10.1. The molecule has 0 radical (unpaired) electrons. The van der Waals surface area contributed by atoms with Gasteiger partial charge >= 0.3 is 11.9 Å². The number of carbonyl (C=O) groups excluding carboxylic acids is 2. The summed E-state index contributed by atoms with van der Waals surface area (Å²) in [6, 6.07) is 22.1. The van der Waals surface area contributed by atoms with Crippen LogP contribution in [0.15, 0.2) is 78.9 Å². The highest BCUT2D eigenvalue weighted by atomic mass is 35.5. The minimum absolute atomic E-state index is 0.120. The maximum Gasteiger partial charge on any atom is 0.343 e. The summed E-state index contributed by atoms with van der Waals surface area (Å²) in [5.41, 5.74) is 0.747. The first kappa shape index (κ1) is 19.9. The first-order valence-electron chi connectivity index (χ1n) is 9.71. The van der Waals surface area contributed by atoms with Crippen molar-refractivity contribution in [2.45, 2.75) is 0 Å². The number of halogens is 1. The normalized spacial score (nSPS) is 11.9. The van der Waals surface area contributed by atoms with E-state index >= 15 is 0 Å². The fraction of sp³-hybridized carbons (Fsp3) is 0.0400. The average molecular weight is 447 g/mol. The van der Waals surface area contributed by atoms with Crippen LogP contribution >= 0.6 is 11.6 Å². The summed E-state index contributed by atoms with van der Waals surface area (Å²) in [5, 5.41) is 1.34. The molecular weight excluding hydrogens is 432 g/mol. The number of ether oxygens (including phenoxy) is 4. The van der Waals surface area contributed by atoms with Gasteiger partial charge in [-0.2, -0.15) is 0 Å². The number of carbonyl (C=O) groups is 2. The smallest absolute Gasteiger partial charge is 0.343 e. The number of rotatable bonds is 4. The standard InChI is InChI=1S/C25H15ClO6/c26-17-11-12-18-19(13-17)21(32-25(28)16-9-5-2-6-10-16)23-22(29-14-30-23)20(18)31-24(27)15-7-3-1-4-8-15/h1-13H,14H2. The Hall–Kier alpha value is -4.03. The second-order valence-corrected chi connectivity index (χ2v) is 7.36. The molecule has 7 heteroatoms. The molecule has 1 aliphatic rings. The molecule has 0 spiro atoms. The lowest BCUT2D eigenvalue weighted by Gasteiger charge is -2.15. The summed E-state index contributed by atoms with van der Waals surface area (Å²) >= 11 is 6.23. The Balaban J connectivity index is 1.63. The van der Waals surface area contributed by atoms with Gasteiger partial charge in [0.05, 0.1) is 11.1 Å². The SMILES string of the molecule is O=C(Oc1c2c(c(OC(=O)c3ccccc3)c3cc(Cl)ccc13)OCO2)c1ccccc1. The molecule has 0 N–H and O–H groups in total. The van der Waals surface area contributed by atoms with E-state index in [1.165, 1.54) is 0 Å².